The molecule has 0 spiro atoms. The number of aliphatic imine (C=N–C) groups is 1. The summed E-state index contributed by atoms with van der Waals surface area (Å²) < 4.78 is 0. The second-order valence-electron chi connectivity index (χ2n) is 3.43. The van der Waals surface area contributed by atoms with Crippen LogP contribution in [0.5, 0.6) is 0 Å². The lowest BCUT2D eigenvalue weighted by Gasteiger charge is -2.13. The van der Waals surface area contributed by atoms with Crippen LogP contribution in [0.2, 0.25) is 0 Å². The molecule has 0 unspecified atom stereocenters. The van der Waals surface area contributed by atoms with E-state index in [1.165, 1.54) is 30.5 Å². The lowest BCUT2D eigenvalue weighted by Crippen LogP contribution is -2.02. The molecule has 0 aliphatic heterocycles. The third kappa shape index (κ3) is 2.83. The zero-order valence-corrected chi connectivity index (χ0v) is 8.93. The summed E-state index contributed by atoms with van der Waals surface area (Å²) in [4.78, 5) is 4.42. The van der Waals surface area contributed by atoms with Crippen LogP contribution >= 0.6 is 0 Å². The minimum Gasteiger partial charge on any atom is -0.290 e. The predicted octanol–water partition coefficient (Wildman–Crippen LogP) is 3.52. The van der Waals surface area contributed by atoms with Gasteiger partial charge in [0.25, 0.3) is 0 Å². The molecule has 0 fully saturated rings. The Morgan fingerprint density at radius 3 is 2.54 bits per heavy atom. The van der Waals surface area contributed by atoms with E-state index in [-0.39, 0.29) is 0 Å². The number of rotatable bonds is 3. The first-order valence-electron chi connectivity index (χ1n) is 5.18. The van der Waals surface area contributed by atoms with Crippen LogP contribution < -0.4 is 0 Å². The topological polar surface area (TPSA) is 12.4 Å². The van der Waals surface area contributed by atoms with Gasteiger partial charge in [-0.3, -0.25) is 4.99 Å². The fourth-order valence-electron chi connectivity index (χ4n) is 1.62. The molecule has 72 valence electrons. The highest BCUT2D eigenvalue weighted by Gasteiger charge is 2.06. The van der Waals surface area contributed by atoms with Crippen LogP contribution in [0.15, 0.2) is 28.3 Å². The molecule has 13 heavy (non-hydrogen) atoms. The lowest BCUT2D eigenvalue weighted by molar-refractivity contribution is 0.876. The highest BCUT2D eigenvalue weighted by atomic mass is 14.7. The Labute approximate surface area is 81.3 Å². The van der Waals surface area contributed by atoms with Crippen molar-refractivity contribution >= 4 is 5.71 Å². The first kappa shape index (κ1) is 10.2. The molecule has 0 N–H and O–H groups in total. The minimum atomic E-state index is 0.896. The minimum absolute atomic E-state index is 0.896. The van der Waals surface area contributed by atoms with Crippen molar-refractivity contribution in [1.82, 2.24) is 0 Å². The van der Waals surface area contributed by atoms with Gasteiger partial charge in [-0.1, -0.05) is 24.6 Å². The van der Waals surface area contributed by atoms with Gasteiger partial charge in [0.2, 0.25) is 0 Å². The summed E-state index contributed by atoms with van der Waals surface area (Å²) in [5, 5.41) is 0. The maximum absolute atomic E-state index is 4.42. The summed E-state index contributed by atoms with van der Waals surface area (Å²) in [7, 11) is 0. The summed E-state index contributed by atoms with van der Waals surface area (Å²) in [6, 6.07) is 0. The molecule has 0 aromatic carbocycles. The molecule has 0 amide bonds. The van der Waals surface area contributed by atoms with Gasteiger partial charge in [-0.15, -0.1) is 0 Å². The maximum atomic E-state index is 4.42. The first-order chi connectivity index (χ1) is 6.27. The third-order valence-electron chi connectivity index (χ3n) is 2.55. The van der Waals surface area contributed by atoms with Crippen LogP contribution in [0.4, 0.5) is 0 Å². The van der Waals surface area contributed by atoms with Gasteiger partial charge in [-0.05, 0) is 38.7 Å². The van der Waals surface area contributed by atoms with E-state index in [4.69, 9.17) is 0 Å². The van der Waals surface area contributed by atoms with Crippen LogP contribution in [0, 0.1) is 0 Å². The van der Waals surface area contributed by atoms with E-state index < -0.39 is 0 Å². The van der Waals surface area contributed by atoms with Crippen molar-refractivity contribution in [3.05, 3.63) is 23.3 Å². The quantitative estimate of drug-likeness (QED) is 0.585. The average molecular weight is 177 g/mol. The van der Waals surface area contributed by atoms with E-state index in [0.717, 1.165) is 6.54 Å². The van der Waals surface area contributed by atoms with Gasteiger partial charge in [0.1, 0.15) is 0 Å². The second-order valence-corrected chi connectivity index (χ2v) is 3.43. The summed E-state index contributed by atoms with van der Waals surface area (Å²) in [5.74, 6) is 0. The molecule has 1 aliphatic carbocycles. The van der Waals surface area contributed by atoms with Gasteiger partial charge in [0.05, 0.1) is 0 Å². The molecule has 1 heteroatoms. The maximum Gasteiger partial charge on any atom is 0.0364 e. The standard InChI is InChI=1S/C12H19N/c1-4-11-6-8-12(9-7-11)10(3)13-5-2/h6,8H,4-5,7,9H2,1-3H3. The van der Waals surface area contributed by atoms with Crippen molar-refractivity contribution in [2.45, 2.75) is 40.0 Å². The van der Waals surface area contributed by atoms with E-state index in [9.17, 15) is 0 Å². The van der Waals surface area contributed by atoms with E-state index in [0.29, 0.717) is 0 Å². The van der Waals surface area contributed by atoms with Gasteiger partial charge in [-0.2, -0.15) is 0 Å². The summed E-state index contributed by atoms with van der Waals surface area (Å²) in [5.41, 5.74) is 4.20. The molecule has 0 saturated carbocycles. The monoisotopic (exact) mass is 177 g/mol. The highest BCUT2D eigenvalue weighted by Crippen LogP contribution is 2.21. The number of hydrogen-bond donors (Lipinski definition) is 0. The fraction of sp³-hybridized carbons (Fsp3) is 0.583. The SMILES string of the molecule is CCN=C(C)C1=CC=C(CC)CC1. The molecule has 1 nitrogen and oxygen atoms in total. The Hall–Kier alpha value is -0.850. The first-order valence-corrected chi connectivity index (χ1v) is 5.18. The Morgan fingerprint density at radius 1 is 1.31 bits per heavy atom. The van der Waals surface area contributed by atoms with Crippen LogP contribution in [-0.2, 0) is 0 Å². The Bertz CT molecular complexity index is 256. The van der Waals surface area contributed by atoms with Gasteiger partial charge < -0.3 is 0 Å². The molecule has 0 bridgehead atoms. The number of allylic oxidation sites excluding steroid dienone is 4. The Kier molecular flexibility index (Phi) is 3.94. The van der Waals surface area contributed by atoms with E-state index in [1.807, 2.05) is 0 Å². The molecular formula is C12H19N. The number of hydrogen-bond acceptors (Lipinski definition) is 1. The highest BCUT2D eigenvalue weighted by molar-refractivity contribution is 5.98. The van der Waals surface area contributed by atoms with Crippen molar-refractivity contribution < 1.29 is 0 Å². The molecular weight excluding hydrogens is 158 g/mol. The summed E-state index contributed by atoms with van der Waals surface area (Å²) >= 11 is 0. The largest absolute Gasteiger partial charge is 0.290 e. The van der Waals surface area contributed by atoms with Gasteiger partial charge in [0.15, 0.2) is 0 Å². The molecule has 0 aromatic heterocycles. The van der Waals surface area contributed by atoms with Crippen LogP contribution in [0.1, 0.15) is 40.0 Å². The van der Waals surface area contributed by atoms with Crippen molar-refractivity contribution in [2.75, 3.05) is 6.54 Å². The Balaban J connectivity index is 2.69. The van der Waals surface area contributed by atoms with Crippen LogP contribution in [0.25, 0.3) is 0 Å². The molecule has 0 saturated heterocycles. The van der Waals surface area contributed by atoms with E-state index >= 15 is 0 Å². The molecule has 0 radical (unpaired) electrons. The number of nitrogens with zero attached hydrogens (tertiary/aromatic N) is 1. The molecule has 0 atom stereocenters. The van der Waals surface area contributed by atoms with Gasteiger partial charge in [0, 0.05) is 12.3 Å². The van der Waals surface area contributed by atoms with Crippen LogP contribution in [0.3, 0.4) is 0 Å². The van der Waals surface area contributed by atoms with Gasteiger partial charge in [-0.25, -0.2) is 0 Å². The van der Waals surface area contributed by atoms with E-state index in [1.54, 1.807) is 5.57 Å². The summed E-state index contributed by atoms with van der Waals surface area (Å²) in [6.07, 6.45) is 8.08. The van der Waals surface area contributed by atoms with Crippen molar-refractivity contribution in [2.24, 2.45) is 4.99 Å². The van der Waals surface area contributed by atoms with Crippen molar-refractivity contribution in [1.29, 1.82) is 0 Å². The fourth-order valence-corrected chi connectivity index (χ4v) is 1.62. The molecule has 1 rings (SSSR count). The lowest BCUT2D eigenvalue weighted by atomic mass is 9.94. The van der Waals surface area contributed by atoms with E-state index in [2.05, 4.69) is 37.9 Å². The third-order valence-corrected chi connectivity index (χ3v) is 2.55. The van der Waals surface area contributed by atoms with Gasteiger partial charge >= 0.3 is 0 Å². The second kappa shape index (κ2) is 5.00. The molecule has 0 heterocycles. The summed E-state index contributed by atoms with van der Waals surface area (Å²) in [6.45, 7) is 7.31. The smallest absolute Gasteiger partial charge is 0.0364 e. The average Bonchev–Trinajstić information content (AvgIpc) is 2.18. The zero-order valence-electron chi connectivity index (χ0n) is 8.93. The zero-order chi connectivity index (χ0) is 9.68. The van der Waals surface area contributed by atoms with Crippen molar-refractivity contribution in [3.63, 3.8) is 0 Å². The van der Waals surface area contributed by atoms with Crippen LogP contribution in [-0.4, -0.2) is 12.3 Å². The Morgan fingerprint density at radius 2 is 2.08 bits per heavy atom. The van der Waals surface area contributed by atoms with Crippen molar-refractivity contribution in [3.8, 4) is 0 Å². The molecule has 0 aromatic rings. The predicted molar refractivity (Wildman–Crippen MR) is 59.3 cm³/mol. The molecule has 1 aliphatic rings. The normalized spacial score (nSPS) is 18.2.